The van der Waals surface area contributed by atoms with Crippen molar-refractivity contribution in [1.82, 2.24) is 15.0 Å². The van der Waals surface area contributed by atoms with E-state index >= 15 is 0 Å². The van der Waals surface area contributed by atoms with Crippen LogP contribution in [0.4, 0.5) is 5.82 Å². The van der Waals surface area contributed by atoms with Crippen LogP contribution in [0.1, 0.15) is 29.8 Å². The molecule has 1 aliphatic rings. The standard InChI is InChI=1S/C20H20N4O2/c1-12-13(2)22-20(16-6-4-5-9-21-16)24-19(12)23-14(3)15-7-8-17-18(10-15)26-11-25-17/h4-10,14H,11H2,1-3H3,(H,22,23,24). The van der Waals surface area contributed by atoms with Crippen LogP contribution in [0.5, 0.6) is 11.5 Å². The lowest BCUT2D eigenvalue weighted by molar-refractivity contribution is 0.174. The Morgan fingerprint density at radius 1 is 1.04 bits per heavy atom. The maximum absolute atomic E-state index is 5.48. The molecule has 4 rings (SSSR count). The third kappa shape index (κ3) is 3.06. The van der Waals surface area contributed by atoms with Crippen LogP contribution in [0.3, 0.4) is 0 Å². The molecule has 0 spiro atoms. The second-order valence-corrected chi connectivity index (χ2v) is 6.30. The zero-order valence-electron chi connectivity index (χ0n) is 15.0. The number of rotatable bonds is 4. The van der Waals surface area contributed by atoms with Crippen LogP contribution >= 0.6 is 0 Å². The lowest BCUT2D eigenvalue weighted by atomic mass is 10.1. The number of hydrogen-bond donors (Lipinski definition) is 1. The van der Waals surface area contributed by atoms with Gasteiger partial charge in [-0.25, -0.2) is 9.97 Å². The van der Waals surface area contributed by atoms with Gasteiger partial charge in [0.25, 0.3) is 0 Å². The normalized spacial score (nSPS) is 13.5. The number of ether oxygens (including phenoxy) is 2. The van der Waals surface area contributed by atoms with E-state index in [9.17, 15) is 0 Å². The minimum Gasteiger partial charge on any atom is -0.454 e. The molecule has 26 heavy (non-hydrogen) atoms. The van der Waals surface area contributed by atoms with Crippen molar-refractivity contribution in [3.63, 3.8) is 0 Å². The Morgan fingerprint density at radius 3 is 2.69 bits per heavy atom. The van der Waals surface area contributed by atoms with E-state index in [0.717, 1.165) is 39.8 Å². The maximum Gasteiger partial charge on any atom is 0.231 e. The summed E-state index contributed by atoms with van der Waals surface area (Å²) in [7, 11) is 0. The SMILES string of the molecule is Cc1nc(-c2ccccn2)nc(NC(C)c2ccc3c(c2)OCO3)c1C. The molecular weight excluding hydrogens is 328 g/mol. The van der Waals surface area contributed by atoms with Crippen LogP contribution < -0.4 is 14.8 Å². The van der Waals surface area contributed by atoms with Gasteiger partial charge in [0.15, 0.2) is 17.3 Å². The van der Waals surface area contributed by atoms with Gasteiger partial charge in [0.2, 0.25) is 6.79 Å². The van der Waals surface area contributed by atoms with Gasteiger partial charge in [0, 0.05) is 17.5 Å². The zero-order chi connectivity index (χ0) is 18.1. The summed E-state index contributed by atoms with van der Waals surface area (Å²) < 4.78 is 10.9. The number of fused-ring (bicyclic) bond motifs is 1. The number of pyridine rings is 1. The van der Waals surface area contributed by atoms with Gasteiger partial charge in [0.1, 0.15) is 11.5 Å². The number of nitrogens with zero attached hydrogens (tertiary/aromatic N) is 3. The van der Waals surface area contributed by atoms with Gasteiger partial charge < -0.3 is 14.8 Å². The molecule has 0 saturated carbocycles. The number of anilines is 1. The monoisotopic (exact) mass is 348 g/mol. The highest BCUT2D eigenvalue weighted by atomic mass is 16.7. The zero-order valence-corrected chi connectivity index (χ0v) is 15.0. The van der Waals surface area contributed by atoms with Gasteiger partial charge in [0.05, 0.1) is 6.04 Å². The van der Waals surface area contributed by atoms with E-state index in [4.69, 9.17) is 14.5 Å². The minimum atomic E-state index is 0.0501. The number of hydrogen-bond acceptors (Lipinski definition) is 6. The largest absolute Gasteiger partial charge is 0.454 e. The van der Waals surface area contributed by atoms with Crippen molar-refractivity contribution in [2.75, 3.05) is 12.1 Å². The Balaban J connectivity index is 1.64. The van der Waals surface area contributed by atoms with Crippen molar-refractivity contribution in [2.24, 2.45) is 0 Å². The first-order valence-corrected chi connectivity index (χ1v) is 8.54. The highest BCUT2D eigenvalue weighted by Gasteiger charge is 2.17. The van der Waals surface area contributed by atoms with E-state index in [0.29, 0.717) is 5.82 Å². The predicted octanol–water partition coefficient (Wildman–Crippen LogP) is 4.06. The molecule has 0 aliphatic carbocycles. The molecule has 6 heteroatoms. The molecule has 0 bridgehead atoms. The number of nitrogens with one attached hydrogen (secondary N) is 1. The summed E-state index contributed by atoms with van der Waals surface area (Å²) in [4.78, 5) is 13.6. The smallest absolute Gasteiger partial charge is 0.231 e. The lowest BCUT2D eigenvalue weighted by Crippen LogP contribution is -2.11. The molecule has 0 radical (unpaired) electrons. The second kappa shape index (κ2) is 6.63. The summed E-state index contributed by atoms with van der Waals surface area (Å²) >= 11 is 0. The van der Waals surface area contributed by atoms with Gasteiger partial charge in [-0.3, -0.25) is 4.98 Å². The fourth-order valence-corrected chi connectivity index (χ4v) is 2.85. The number of aryl methyl sites for hydroxylation is 1. The van der Waals surface area contributed by atoms with E-state index < -0.39 is 0 Å². The fraction of sp³-hybridized carbons (Fsp3) is 0.250. The van der Waals surface area contributed by atoms with E-state index in [1.54, 1.807) is 6.20 Å². The highest BCUT2D eigenvalue weighted by molar-refractivity contribution is 5.57. The quantitative estimate of drug-likeness (QED) is 0.767. The molecule has 6 nitrogen and oxygen atoms in total. The maximum atomic E-state index is 5.48. The Hall–Kier alpha value is -3.15. The van der Waals surface area contributed by atoms with Crippen molar-refractivity contribution in [2.45, 2.75) is 26.8 Å². The molecule has 3 aromatic rings. The molecule has 1 atom stereocenters. The van der Waals surface area contributed by atoms with Crippen molar-refractivity contribution in [3.8, 4) is 23.0 Å². The van der Waals surface area contributed by atoms with Crippen LogP contribution in [-0.4, -0.2) is 21.7 Å². The molecular formula is C20H20N4O2. The van der Waals surface area contributed by atoms with Crippen LogP contribution in [0.2, 0.25) is 0 Å². The first-order valence-electron chi connectivity index (χ1n) is 8.54. The molecule has 0 amide bonds. The third-order valence-electron chi connectivity index (χ3n) is 4.53. The van der Waals surface area contributed by atoms with E-state index in [-0.39, 0.29) is 12.8 Å². The Bertz CT molecular complexity index is 944. The summed E-state index contributed by atoms with van der Waals surface area (Å²) in [5.74, 6) is 2.99. The molecule has 1 unspecified atom stereocenters. The lowest BCUT2D eigenvalue weighted by Gasteiger charge is -2.18. The van der Waals surface area contributed by atoms with Crippen LogP contribution in [0, 0.1) is 13.8 Å². The second-order valence-electron chi connectivity index (χ2n) is 6.30. The average molecular weight is 348 g/mol. The Morgan fingerprint density at radius 2 is 1.88 bits per heavy atom. The fourth-order valence-electron chi connectivity index (χ4n) is 2.85. The van der Waals surface area contributed by atoms with Crippen LogP contribution in [0.25, 0.3) is 11.5 Å². The van der Waals surface area contributed by atoms with Crippen molar-refractivity contribution >= 4 is 5.82 Å². The Kier molecular flexibility index (Phi) is 4.16. The summed E-state index contributed by atoms with van der Waals surface area (Å²) in [5.41, 5.74) is 3.82. The third-order valence-corrected chi connectivity index (χ3v) is 4.53. The molecule has 3 heterocycles. The van der Waals surface area contributed by atoms with Crippen molar-refractivity contribution in [1.29, 1.82) is 0 Å². The predicted molar refractivity (Wildman–Crippen MR) is 99.3 cm³/mol. The summed E-state index contributed by atoms with van der Waals surface area (Å²) in [6, 6.07) is 11.8. The summed E-state index contributed by atoms with van der Waals surface area (Å²) in [6.07, 6.45) is 1.75. The van der Waals surface area contributed by atoms with Crippen molar-refractivity contribution < 1.29 is 9.47 Å². The van der Waals surface area contributed by atoms with E-state index in [2.05, 4.69) is 22.2 Å². The van der Waals surface area contributed by atoms with Gasteiger partial charge >= 0.3 is 0 Å². The molecule has 132 valence electrons. The first kappa shape index (κ1) is 16.3. The summed E-state index contributed by atoms with van der Waals surface area (Å²) in [6.45, 7) is 6.37. The molecule has 0 saturated heterocycles. The molecule has 1 aromatic carbocycles. The van der Waals surface area contributed by atoms with Gasteiger partial charge in [-0.2, -0.15) is 0 Å². The van der Waals surface area contributed by atoms with Crippen molar-refractivity contribution in [3.05, 3.63) is 59.4 Å². The van der Waals surface area contributed by atoms with Crippen LogP contribution in [-0.2, 0) is 0 Å². The highest BCUT2D eigenvalue weighted by Crippen LogP contribution is 2.35. The Labute approximate surface area is 152 Å². The molecule has 0 fully saturated rings. The number of benzene rings is 1. The van der Waals surface area contributed by atoms with E-state index in [1.807, 2.05) is 50.2 Å². The van der Waals surface area contributed by atoms with E-state index in [1.165, 1.54) is 0 Å². The summed E-state index contributed by atoms with van der Waals surface area (Å²) in [5, 5.41) is 3.49. The topological polar surface area (TPSA) is 69.2 Å². The van der Waals surface area contributed by atoms with Gasteiger partial charge in [-0.05, 0) is 50.6 Å². The number of aromatic nitrogens is 3. The van der Waals surface area contributed by atoms with Gasteiger partial charge in [-0.15, -0.1) is 0 Å². The molecule has 1 N–H and O–H groups in total. The minimum absolute atomic E-state index is 0.0501. The first-order chi connectivity index (χ1) is 12.6. The van der Waals surface area contributed by atoms with Crippen LogP contribution in [0.15, 0.2) is 42.6 Å². The molecule has 2 aromatic heterocycles. The van der Waals surface area contributed by atoms with Gasteiger partial charge in [-0.1, -0.05) is 12.1 Å². The molecule has 1 aliphatic heterocycles. The average Bonchev–Trinajstić information content (AvgIpc) is 3.13.